The van der Waals surface area contributed by atoms with Crippen LogP contribution in [0.4, 0.5) is 0 Å². The van der Waals surface area contributed by atoms with Crippen molar-refractivity contribution in [2.75, 3.05) is 26.7 Å². The van der Waals surface area contributed by atoms with Crippen molar-refractivity contribution in [3.63, 3.8) is 0 Å². The molecule has 1 aliphatic heterocycles. The smallest absolute Gasteiger partial charge is 0.243 e. The van der Waals surface area contributed by atoms with Gasteiger partial charge in [0.1, 0.15) is 0 Å². The van der Waals surface area contributed by atoms with Crippen molar-refractivity contribution < 1.29 is 14.6 Å². The van der Waals surface area contributed by atoms with Crippen molar-refractivity contribution in [1.82, 2.24) is 15.8 Å². The van der Waals surface area contributed by atoms with E-state index in [1.165, 1.54) is 6.08 Å². The van der Waals surface area contributed by atoms with Gasteiger partial charge in [0.15, 0.2) is 0 Å². The molecule has 0 aliphatic carbocycles. The fourth-order valence-corrected chi connectivity index (χ4v) is 1.05. The van der Waals surface area contributed by atoms with Crippen LogP contribution < -0.4 is 10.7 Å². The normalized spacial score (nSPS) is 24.0. The molecule has 0 saturated carbocycles. The van der Waals surface area contributed by atoms with Gasteiger partial charge in [-0.15, -0.1) is 0 Å². The molecule has 80 valence electrons. The molecule has 14 heavy (non-hydrogen) atoms. The van der Waals surface area contributed by atoms with Gasteiger partial charge in [0.2, 0.25) is 12.3 Å². The number of nitrogens with one attached hydrogen (secondary N) is 2. The van der Waals surface area contributed by atoms with Crippen molar-refractivity contribution in [1.29, 1.82) is 0 Å². The maximum absolute atomic E-state index is 10.8. The Morgan fingerprint density at radius 2 is 2.64 bits per heavy atom. The Bertz CT molecular complexity index is 220. The molecule has 1 amide bonds. The standard InChI is InChI=1S/C8H15N3O3/c1-9-7(12)3-2-4-11-5-6-14-8(13)10-11/h2-3,8,10,13H,4-6H2,1H3,(H,9,12)/b3-2+. The molecule has 1 aliphatic rings. The summed E-state index contributed by atoms with van der Waals surface area (Å²) in [6, 6.07) is 0. The van der Waals surface area contributed by atoms with E-state index in [-0.39, 0.29) is 5.91 Å². The summed E-state index contributed by atoms with van der Waals surface area (Å²) in [5.41, 5.74) is 2.69. The predicted octanol–water partition coefficient (Wildman–Crippen LogP) is -1.60. The van der Waals surface area contributed by atoms with Gasteiger partial charge in [-0.05, 0) is 0 Å². The van der Waals surface area contributed by atoms with E-state index in [1.54, 1.807) is 18.1 Å². The third-order valence-corrected chi connectivity index (χ3v) is 1.77. The van der Waals surface area contributed by atoms with Crippen molar-refractivity contribution >= 4 is 5.91 Å². The highest BCUT2D eigenvalue weighted by atomic mass is 16.6. The number of rotatable bonds is 3. The Labute approximate surface area is 82.5 Å². The first-order chi connectivity index (χ1) is 6.72. The molecule has 1 heterocycles. The molecule has 0 radical (unpaired) electrons. The summed E-state index contributed by atoms with van der Waals surface area (Å²) in [6.07, 6.45) is 2.21. The third kappa shape index (κ3) is 3.84. The minimum Gasteiger partial charge on any atom is -0.356 e. The second-order valence-electron chi connectivity index (χ2n) is 2.81. The second kappa shape index (κ2) is 5.71. The Balaban J connectivity index is 2.23. The molecule has 6 heteroatoms. The summed E-state index contributed by atoms with van der Waals surface area (Å²) in [5.74, 6) is -0.140. The molecule has 1 unspecified atom stereocenters. The zero-order valence-electron chi connectivity index (χ0n) is 8.06. The van der Waals surface area contributed by atoms with Crippen molar-refractivity contribution in [2.24, 2.45) is 0 Å². The molecule has 0 aromatic rings. The van der Waals surface area contributed by atoms with E-state index in [2.05, 4.69) is 10.7 Å². The predicted molar refractivity (Wildman–Crippen MR) is 49.9 cm³/mol. The molecule has 0 aromatic carbocycles. The number of hydrogen-bond acceptors (Lipinski definition) is 5. The van der Waals surface area contributed by atoms with Crippen LogP contribution >= 0.6 is 0 Å². The monoisotopic (exact) mass is 201 g/mol. The molecular formula is C8H15N3O3. The van der Waals surface area contributed by atoms with E-state index in [1.807, 2.05) is 0 Å². The summed E-state index contributed by atoms with van der Waals surface area (Å²) in [5, 5.41) is 13.3. The van der Waals surface area contributed by atoms with Crippen LogP contribution in [0, 0.1) is 0 Å². The number of hydrogen-bond donors (Lipinski definition) is 3. The number of likely N-dealkylation sites (N-methyl/N-ethyl adjacent to an activating group) is 1. The lowest BCUT2D eigenvalue weighted by atomic mass is 10.4. The molecule has 1 fully saturated rings. The molecule has 0 bridgehead atoms. The Kier molecular flexibility index (Phi) is 4.54. The first-order valence-electron chi connectivity index (χ1n) is 4.41. The lowest BCUT2D eigenvalue weighted by Gasteiger charge is -2.30. The fourth-order valence-electron chi connectivity index (χ4n) is 1.05. The van der Waals surface area contributed by atoms with E-state index in [0.717, 1.165) is 0 Å². The number of carbonyl (C=O) groups excluding carboxylic acids is 1. The second-order valence-corrected chi connectivity index (χ2v) is 2.81. The minimum atomic E-state index is -0.947. The van der Waals surface area contributed by atoms with E-state index in [9.17, 15) is 4.79 Å². The van der Waals surface area contributed by atoms with Crippen LogP contribution in [0.3, 0.4) is 0 Å². The van der Waals surface area contributed by atoms with Gasteiger partial charge in [0.25, 0.3) is 0 Å². The first-order valence-corrected chi connectivity index (χ1v) is 4.41. The van der Waals surface area contributed by atoms with Gasteiger partial charge in [-0.1, -0.05) is 6.08 Å². The summed E-state index contributed by atoms with van der Waals surface area (Å²) in [4.78, 5) is 10.8. The average Bonchev–Trinajstić information content (AvgIpc) is 2.17. The molecule has 1 rings (SSSR count). The van der Waals surface area contributed by atoms with Crippen LogP contribution in [0.1, 0.15) is 0 Å². The molecular weight excluding hydrogens is 186 g/mol. The third-order valence-electron chi connectivity index (χ3n) is 1.77. The van der Waals surface area contributed by atoms with Crippen LogP contribution in [-0.2, 0) is 9.53 Å². The van der Waals surface area contributed by atoms with Crippen LogP contribution in [0.2, 0.25) is 0 Å². The number of aliphatic hydroxyl groups excluding tert-OH is 1. The van der Waals surface area contributed by atoms with Crippen LogP contribution in [0.25, 0.3) is 0 Å². The number of carbonyl (C=O) groups is 1. The van der Waals surface area contributed by atoms with Gasteiger partial charge in [-0.3, -0.25) is 4.79 Å². The lowest BCUT2D eigenvalue weighted by Crippen LogP contribution is -2.52. The topological polar surface area (TPSA) is 73.8 Å². The maximum Gasteiger partial charge on any atom is 0.243 e. The fraction of sp³-hybridized carbons (Fsp3) is 0.625. The van der Waals surface area contributed by atoms with Crippen LogP contribution in [0.5, 0.6) is 0 Å². The highest BCUT2D eigenvalue weighted by Crippen LogP contribution is 1.95. The van der Waals surface area contributed by atoms with Gasteiger partial charge in [0.05, 0.1) is 6.61 Å². The van der Waals surface area contributed by atoms with E-state index in [4.69, 9.17) is 9.84 Å². The Morgan fingerprint density at radius 1 is 1.86 bits per heavy atom. The maximum atomic E-state index is 10.8. The lowest BCUT2D eigenvalue weighted by molar-refractivity contribution is -0.189. The van der Waals surface area contributed by atoms with Crippen LogP contribution in [0.15, 0.2) is 12.2 Å². The summed E-state index contributed by atoms with van der Waals surface area (Å²) < 4.78 is 4.86. The van der Waals surface area contributed by atoms with Crippen molar-refractivity contribution in [3.8, 4) is 0 Å². The molecule has 0 aromatic heterocycles. The minimum absolute atomic E-state index is 0.140. The van der Waals surface area contributed by atoms with E-state index >= 15 is 0 Å². The number of hydrazine groups is 1. The summed E-state index contributed by atoms with van der Waals surface area (Å²) >= 11 is 0. The van der Waals surface area contributed by atoms with Gasteiger partial charge in [-0.2, -0.15) is 0 Å². The van der Waals surface area contributed by atoms with Crippen molar-refractivity contribution in [2.45, 2.75) is 6.41 Å². The SMILES string of the molecule is CNC(=O)/C=C/CN1CCOC(O)N1. The quantitative estimate of drug-likeness (QED) is 0.480. The van der Waals surface area contributed by atoms with Gasteiger partial charge in [-0.25, -0.2) is 10.4 Å². The van der Waals surface area contributed by atoms with Crippen LogP contribution in [-0.4, -0.2) is 49.2 Å². The number of amides is 1. The highest BCUT2D eigenvalue weighted by Gasteiger charge is 2.14. The molecule has 1 atom stereocenters. The van der Waals surface area contributed by atoms with Gasteiger partial charge >= 0.3 is 0 Å². The largest absolute Gasteiger partial charge is 0.356 e. The van der Waals surface area contributed by atoms with Crippen molar-refractivity contribution in [3.05, 3.63) is 12.2 Å². The molecule has 1 saturated heterocycles. The summed E-state index contributed by atoms with van der Waals surface area (Å²) in [6.45, 7) is 1.70. The average molecular weight is 201 g/mol. The van der Waals surface area contributed by atoms with Gasteiger partial charge in [0, 0.05) is 26.2 Å². The van der Waals surface area contributed by atoms with E-state index < -0.39 is 6.41 Å². The number of aliphatic hydroxyl groups is 1. The van der Waals surface area contributed by atoms with Gasteiger partial charge < -0.3 is 15.2 Å². The number of nitrogens with zero attached hydrogens (tertiary/aromatic N) is 1. The first kappa shape index (κ1) is 11.1. The summed E-state index contributed by atoms with van der Waals surface area (Å²) in [7, 11) is 1.57. The zero-order valence-corrected chi connectivity index (χ0v) is 8.06. The van der Waals surface area contributed by atoms with E-state index in [0.29, 0.717) is 19.7 Å². The molecule has 3 N–H and O–H groups in total. The Hall–Kier alpha value is -0.950. The molecule has 6 nitrogen and oxygen atoms in total. The zero-order chi connectivity index (χ0) is 10.4. The number of ether oxygens (including phenoxy) is 1. The molecule has 0 spiro atoms. The Morgan fingerprint density at radius 3 is 3.29 bits per heavy atom. The highest BCUT2D eigenvalue weighted by molar-refractivity contribution is 5.87.